The lowest BCUT2D eigenvalue weighted by Gasteiger charge is -1.98. The summed E-state index contributed by atoms with van der Waals surface area (Å²) in [4.78, 5) is 11.2. The highest BCUT2D eigenvalue weighted by molar-refractivity contribution is 5.25. The Kier molecular flexibility index (Phi) is 2.17. The average Bonchev–Trinajstić information content (AvgIpc) is 1.85. The summed E-state index contributed by atoms with van der Waals surface area (Å²) >= 11 is 0. The minimum Gasteiger partial charge on any atom is -0.368 e. The van der Waals surface area contributed by atoms with Crippen LogP contribution in [0, 0.1) is 0 Å². The number of hydrogen-bond donors (Lipinski definition) is 3. The van der Waals surface area contributed by atoms with Crippen LogP contribution in [0.2, 0.25) is 0 Å². The fourth-order valence-corrected chi connectivity index (χ4v) is 0.698. The minimum atomic E-state index is 0.140. The Hall–Kier alpha value is -1.43. The summed E-state index contributed by atoms with van der Waals surface area (Å²) < 4.78 is 0. The van der Waals surface area contributed by atoms with E-state index in [2.05, 4.69) is 15.0 Å². The van der Waals surface area contributed by atoms with Gasteiger partial charge in [-0.05, 0) is 6.54 Å². The molecule has 0 atom stereocenters. The summed E-state index contributed by atoms with van der Waals surface area (Å²) in [5.41, 5.74) is 15.9. The van der Waals surface area contributed by atoms with Gasteiger partial charge in [-0.3, -0.25) is 0 Å². The molecule has 11 heavy (non-hydrogen) atoms. The lowest BCUT2D eigenvalue weighted by Crippen LogP contribution is -2.11. The number of nitrogens with two attached hydrogens (primary N) is 3. The van der Waals surface area contributed by atoms with Gasteiger partial charge in [-0.1, -0.05) is 0 Å². The van der Waals surface area contributed by atoms with E-state index < -0.39 is 0 Å². The summed E-state index contributed by atoms with van der Waals surface area (Å²) in [6, 6.07) is 0. The molecule has 0 aromatic carbocycles. The molecule has 0 aliphatic rings. The molecule has 0 saturated heterocycles. The molecule has 1 rings (SSSR count). The number of nitrogen functional groups attached to an aromatic ring is 2. The second-order valence-corrected chi connectivity index (χ2v) is 2.01. The third kappa shape index (κ3) is 2.01. The van der Waals surface area contributed by atoms with Gasteiger partial charge in [0.25, 0.3) is 0 Å². The molecule has 60 valence electrons. The first-order chi connectivity index (χ1) is 5.22. The fraction of sp³-hybridized carbons (Fsp3) is 0.400. The maximum absolute atomic E-state index is 5.31. The molecule has 0 spiro atoms. The predicted molar refractivity (Wildman–Crippen MR) is 41.4 cm³/mol. The number of hydrogen-bond acceptors (Lipinski definition) is 6. The Bertz CT molecular complexity index is 226. The van der Waals surface area contributed by atoms with Gasteiger partial charge in [-0.25, -0.2) is 0 Å². The van der Waals surface area contributed by atoms with Crippen molar-refractivity contribution in [3.8, 4) is 0 Å². The van der Waals surface area contributed by atoms with Crippen LogP contribution in [0.4, 0.5) is 11.9 Å². The molecule has 0 aliphatic carbocycles. The summed E-state index contributed by atoms with van der Waals surface area (Å²) in [7, 11) is 0. The third-order valence-electron chi connectivity index (χ3n) is 1.08. The molecule has 6 heteroatoms. The van der Waals surface area contributed by atoms with Gasteiger partial charge >= 0.3 is 0 Å². The molecule has 1 aromatic heterocycles. The van der Waals surface area contributed by atoms with Gasteiger partial charge in [0.2, 0.25) is 11.9 Å². The highest BCUT2D eigenvalue weighted by Crippen LogP contribution is 1.97. The van der Waals surface area contributed by atoms with E-state index in [1.54, 1.807) is 0 Å². The zero-order valence-corrected chi connectivity index (χ0v) is 5.99. The van der Waals surface area contributed by atoms with Crippen LogP contribution in [0.3, 0.4) is 0 Å². The Morgan fingerprint density at radius 1 is 1.00 bits per heavy atom. The van der Waals surface area contributed by atoms with E-state index in [4.69, 9.17) is 17.2 Å². The Morgan fingerprint density at radius 2 is 1.55 bits per heavy atom. The van der Waals surface area contributed by atoms with Gasteiger partial charge in [0.05, 0.1) is 0 Å². The van der Waals surface area contributed by atoms with E-state index in [-0.39, 0.29) is 11.9 Å². The van der Waals surface area contributed by atoms with Crippen molar-refractivity contribution in [2.75, 3.05) is 18.0 Å². The van der Waals surface area contributed by atoms with Crippen molar-refractivity contribution in [3.05, 3.63) is 5.82 Å². The molecule has 0 unspecified atom stereocenters. The first-order valence-corrected chi connectivity index (χ1v) is 3.18. The highest BCUT2D eigenvalue weighted by atomic mass is 15.1. The van der Waals surface area contributed by atoms with Crippen LogP contribution in [0.5, 0.6) is 0 Å². The standard InChI is InChI=1S/C5H10N6/c6-2-1-3-9-4(7)11-5(8)10-3/h1-2,6H2,(H4,7,8,9,10,11). The molecule has 0 bridgehead atoms. The molecule has 0 radical (unpaired) electrons. The van der Waals surface area contributed by atoms with E-state index >= 15 is 0 Å². The second kappa shape index (κ2) is 3.11. The molecule has 1 aromatic rings. The quantitative estimate of drug-likeness (QED) is 0.479. The van der Waals surface area contributed by atoms with Crippen molar-refractivity contribution in [3.63, 3.8) is 0 Å². The van der Waals surface area contributed by atoms with E-state index in [1.165, 1.54) is 0 Å². The van der Waals surface area contributed by atoms with E-state index in [0.29, 0.717) is 18.8 Å². The molecule has 0 saturated carbocycles. The topological polar surface area (TPSA) is 117 Å². The molecule has 0 fully saturated rings. The second-order valence-electron chi connectivity index (χ2n) is 2.01. The largest absolute Gasteiger partial charge is 0.368 e. The zero-order chi connectivity index (χ0) is 8.27. The van der Waals surface area contributed by atoms with Crippen molar-refractivity contribution in [2.45, 2.75) is 6.42 Å². The molecular weight excluding hydrogens is 144 g/mol. The highest BCUT2D eigenvalue weighted by Gasteiger charge is 1.98. The van der Waals surface area contributed by atoms with Crippen molar-refractivity contribution < 1.29 is 0 Å². The number of anilines is 2. The van der Waals surface area contributed by atoms with Crippen LogP contribution in [-0.4, -0.2) is 21.5 Å². The van der Waals surface area contributed by atoms with E-state index in [1.807, 2.05) is 0 Å². The molecular formula is C5H10N6. The molecule has 0 aliphatic heterocycles. The van der Waals surface area contributed by atoms with E-state index in [9.17, 15) is 0 Å². The van der Waals surface area contributed by atoms with Crippen LogP contribution in [0.1, 0.15) is 5.82 Å². The first-order valence-electron chi connectivity index (χ1n) is 3.18. The lowest BCUT2D eigenvalue weighted by atomic mass is 10.4. The zero-order valence-electron chi connectivity index (χ0n) is 5.99. The van der Waals surface area contributed by atoms with E-state index in [0.717, 1.165) is 0 Å². The van der Waals surface area contributed by atoms with Crippen LogP contribution < -0.4 is 17.2 Å². The van der Waals surface area contributed by atoms with Crippen molar-refractivity contribution >= 4 is 11.9 Å². The summed E-state index contributed by atoms with van der Waals surface area (Å²) in [6.45, 7) is 0.475. The molecule has 6 N–H and O–H groups in total. The van der Waals surface area contributed by atoms with Gasteiger partial charge < -0.3 is 17.2 Å². The summed E-state index contributed by atoms with van der Waals surface area (Å²) in [5.74, 6) is 0.819. The SMILES string of the molecule is NCCc1nc(N)nc(N)n1. The van der Waals surface area contributed by atoms with Crippen molar-refractivity contribution in [1.29, 1.82) is 0 Å². The first kappa shape index (κ1) is 7.67. The Morgan fingerprint density at radius 3 is 2.00 bits per heavy atom. The minimum absolute atomic E-state index is 0.140. The smallest absolute Gasteiger partial charge is 0.225 e. The fourth-order valence-electron chi connectivity index (χ4n) is 0.698. The summed E-state index contributed by atoms with van der Waals surface area (Å²) in [6.07, 6.45) is 0.566. The summed E-state index contributed by atoms with van der Waals surface area (Å²) in [5, 5.41) is 0. The van der Waals surface area contributed by atoms with Crippen molar-refractivity contribution in [1.82, 2.24) is 15.0 Å². The van der Waals surface area contributed by atoms with Crippen LogP contribution in [0.15, 0.2) is 0 Å². The number of rotatable bonds is 2. The Labute approximate surface area is 63.8 Å². The Balaban J connectivity index is 2.89. The van der Waals surface area contributed by atoms with Gasteiger partial charge in [0, 0.05) is 6.42 Å². The van der Waals surface area contributed by atoms with Crippen LogP contribution >= 0.6 is 0 Å². The van der Waals surface area contributed by atoms with Crippen molar-refractivity contribution in [2.24, 2.45) is 5.73 Å². The number of aromatic nitrogens is 3. The lowest BCUT2D eigenvalue weighted by molar-refractivity contribution is 0.856. The normalized spacial score (nSPS) is 9.91. The molecule has 1 heterocycles. The van der Waals surface area contributed by atoms with Gasteiger partial charge in [0.1, 0.15) is 5.82 Å². The monoisotopic (exact) mass is 154 g/mol. The average molecular weight is 154 g/mol. The maximum atomic E-state index is 5.31. The molecule has 0 amide bonds. The van der Waals surface area contributed by atoms with Crippen LogP contribution in [0.25, 0.3) is 0 Å². The number of nitrogens with zero attached hydrogens (tertiary/aromatic N) is 3. The molecule has 6 nitrogen and oxygen atoms in total. The van der Waals surface area contributed by atoms with Crippen LogP contribution in [-0.2, 0) is 6.42 Å². The maximum Gasteiger partial charge on any atom is 0.225 e. The van der Waals surface area contributed by atoms with Gasteiger partial charge in [-0.15, -0.1) is 0 Å². The third-order valence-corrected chi connectivity index (χ3v) is 1.08. The van der Waals surface area contributed by atoms with Gasteiger partial charge in [0.15, 0.2) is 0 Å². The van der Waals surface area contributed by atoms with Gasteiger partial charge in [-0.2, -0.15) is 15.0 Å². The predicted octanol–water partition coefficient (Wildman–Crippen LogP) is -1.46.